The van der Waals surface area contributed by atoms with Crippen LogP contribution < -0.4 is 5.32 Å². The minimum atomic E-state index is -2.83. The number of sulfone groups is 1. The lowest BCUT2D eigenvalue weighted by Crippen LogP contribution is -2.49. The van der Waals surface area contributed by atoms with E-state index < -0.39 is 9.84 Å². The fourth-order valence-electron chi connectivity index (χ4n) is 3.67. The van der Waals surface area contributed by atoms with Crippen molar-refractivity contribution in [2.75, 3.05) is 50.0 Å². The first-order chi connectivity index (χ1) is 12.1. The van der Waals surface area contributed by atoms with Crippen molar-refractivity contribution in [2.24, 2.45) is 10.9 Å². The number of ether oxygens (including phenoxy) is 1. The van der Waals surface area contributed by atoms with Gasteiger partial charge in [0.25, 0.3) is 0 Å². The summed E-state index contributed by atoms with van der Waals surface area (Å²) in [4.78, 5) is 7.18. The van der Waals surface area contributed by atoms with Crippen molar-refractivity contribution in [1.29, 1.82) is 0 Å². The van der Waals surface area contributed by atoms with Crippen LogP contribution in [0, 0.1) is 5.92 Å². The Balaban J connectivity index is 1.61. The lowest BCUT2D eigenvalue weighted by atomic mass is 10.1. The van der Waals surface area contributed by atoms with Gasteiger partial charge in [-0.15, -0.1) is 0 Å². The molecule has 3 heterocycles. The molecule has 0 radical (unpaired) electrons. The Morgan fingerprint density at radius 2 is 2.28 bits per heavy atom. The lowest BCUT2D eigenvalue weighted by Gasteiger charge is -2.35. The van der Waals surface area contributed by atoms with Crippen LogP contribution in [0.15, 0.2) is 4.99 Å². The van der Waals surface area contributed by atoms with Crippen LogP contribution in [-0.4, -0.2) is 80.7 Å². The zero-order valence-electron chi connectivity index (χ0n) is 15.2. The van der Waals surface area contributed by atoms with Crippen LogP contribution in [0.5, 0.6) is 0 Å². The molecule has 3 aliphatic rings. The second-order valence-electron chi connectivity index (χ2n) is 7.30. The van der Waals surface area contributed by atoms with E-state index in [0.717, 1.165) is 57.2 Å². The van der Waals surface area contributed by atoms with E-state index in [2.05, 4.69) is 17.1 Å². The summed E-state index contributed by atoms with van der Waals surface area (Å²) in [5.41, 5.74) is 0. The van der Waals surface area contributed by atoms with Crippen LogP contribution in [0.25, 0.3) is 0 Å². The van der Waals surface area contributed by atoms with E-state index in [1.807, 2.05) is 11.8 Å². The predicted molar refractivity (Wildman–Crippen MR) is 104 cm³/mol. The van der Waals surface area contributed by atoms with E-state index >= 15 is 0 Å². The summed E-state index contributed by atoms with van der Waals surface area (Å²) in [5, 5.41) is 4.16. The maximum Gasteiger partial charge on any atom is 0.194 e. The van der Waals surface area contributed by atoms with Gasteiger partial charge in [-0.1, -0.05) is 6.92 Å². The molecule has 0 saturated carbocycles. The standard InChI is InChI=1S/C17H31N3O3S2/c1-2-16-12-20(6-8-24-16)17(19-11-15-4-3-7-23-15)18-10-14-5-9-25(21,22)13-14/h14-16H,2-13H2,1H3,(H,18,19). The Bertz CT molecular complexity index is 561. The zero-order valence-corrected chi connectivity index (χ0v) is 16.8. The number of aliphatic imine (C=N–C) groups is 1. The van der Waals surface area contributed by atoms with Crippen LogP contribution in [0.2, 0.25) is 0 Å². The Morgan fingerprint density at radius 3 is 2.96 bits per heavy atom. The number of hydrogen-bond donors (Lipinski definition) is 1. The molecule has 0 aromatic heterocycles. The molecule has 3 fully saturated rings. The summed E-state index contributed by atoms with van der Waals surface area (Å²) >= 11 is 2.04. The summed E-state index contributed by atoms with van der Waals surface area (Å²) in [6.45, 7) is 6.51. The zero-order chi connectivity index (χ0) is 17.7. The van der Waals surface area contributed by atoms with Crippen molar-refractivity contribution in [3.8, 4) is 0 Å². The molecule has 25 heavy (non-hydrogen) atoms. The van der Waals surface area contributed by atoms with Crippen LogP contribution >= 0.6 is 11.8 Å². The predicted octanol–water partition coefficient (Wildman–Crippen LogP) is 1.37. The van der Waals surface area contributed by atoms with Crippen molar-refractivity contribution in [3.05, 3.63) is 0 Å². The molecule has 0 aromatic carbocycles. The summed E-state index contributed by atoms with van der Waals surface area (Å²) in [5.74, 6) is 2.86. The second-order valence-corrected chi connectivity index (χ2v) is 10.9. The number of guanidine groups is 1. The van der Waals surface area contributed by atoms with Gasteiger partial charge in [-0.05, 0) is 31.6 Å². The molecule has 3 rings (SSSR count). The van der Waals surface area contributed by atoms with Crippen LogP contribution in [0.1, 0.15) is 32.6 Å². The maximum absolute atomic E-state index is 11.7. The molecule has 8 heteroatoms. The molecular formula is C17H31N3O3S2. The van der Waals surface area contributed by atoms with Gasteiger partial charge in [-0.3, -0.25) is 4.99 Å². The molecule has 0 aliphatic carbocycles. The van der Waals surface area contributed by atoms with Crippen molar-refractivity contribution >= 4 is 27.6 Å². The van der Waals surface area contributed by atoms with Gasteiger partial charge in [0.15, 0.2) is 15.8 Å². The van der Waals surface area contributed by atoms with Gasteiger partial charge in [0.2, 0.25) is 0 Å². The Morgan fingerprint density at radius 1 is 1.40 bits per heavy atom. The molecule has 0 bridgehead atoms. The van der Waals surface area contributed by atoms with Crippen molar-refractivity contribution in [2.45, 2.75) is 44.0 Å². The first-order valence-corrected chi connectivity index (χ1v) is 12.4. The Kier molecular flexibility index (Phi) is 6.91. The first-order valence-electron chi connectivity index (χ1n) is 9.52. The molecule has 1 N–H and O–H groups in total. The van der Waals surface area contributed by atoms with Gasteiger partial charge in [-0.2, -0.15) is 11.8 Å². The largest absolute Gasteiger partial charge is 0.376 e. The fraction of sp³-hybridized carbons (Fsp3) is 0.941. The molecular weight excluding hydrogens is 358 g/mol. The third-order valence-corrected chi connectivity index (χ3v) is 8.44. The molecule has 3 aliphatic heterocycles. The first kappa shape index (κ1) is 19.3. The maximum atomic E-state index is 11.7. The molecule has 3 atom stereocenters. The highest BCUT2D eigenvalue weighted by Gasteiger charge is 2.28. The average molecular weight is 390 g/mol. The highest BCUT2D eigenvalue weighted by atomic mass is 32.2. The van der Waals surface area contributed by atoms with E-state index in [1.54, 1.807) is 0 Å². The molecule has 3 saturated heterocycles. The summed E-state index contributed by atoms with van der Waals surface area (Å²) in [7, 11) is -2.83. The van der Waals surface area contributed by atoms with Gasteiger partial charge in [-0.25, -0.2) is 8.42 Å². The fourth-order valence-corrected chi connectivity index (χ4v) is 6.70. The smallest absolute Gasteiger partial charge is 0.194 e. The number of rotatable bonds is 5. The molecule has 144 valence electrons. The van der Waals surface area contributed by atoms with E-state index in [-0.39, 0.29) is 12.0 Å². The second kappa shape index (κ2) is 8.95. The molecule has 0 amide bonds. The summed E-state index contributed by atoms with van der Waals surface area (Å²) in [6, 6.07) is 0. The van der Waals surface area contributed by atoms with Crippen molar-refractivity contribution in [3.63, 3.8) is 0 Å². The Hall–Kier alpha value is -0.470. The third kappa shape index (κ3) is 5.76. The van der Waals surface area contributed by atoms with Gasteiger partial charge in [0.05, 0.1) is 17.6 Å². The Labute approximate surface area is 156 Å². The number of nitrogens with one attached hydrogen (secondary N) is 1. The third-order valence-electron chi connectivity index (χ3n) is 5.23. The van der Waals surface area contributed by atoms with Gasteiger partial charge < -0.3 is 15.0 Å². The normalized spacial score (nSPS) is 32.9. The SMILES string of the molecule is CCC1CN(C(=NCC2CCS(=O)(=O)C2)NCC2CCCO2)CCS1. The van der Waals surface area contributed by atoms with Gasteiger partial charge >= 0.3 is 0 Å². The van der Waals surface area contributed by atoms with Crippen molar-refractivity contribution < 1.29 is 13.2 Å². The van der Waals surface area contributed by atoms with E-state index in [4.69, 9.17) is 9.73 Å². The molecule has 0 aromatic rings. The molecule has 6 nitrogen and oxygen atoms in total. The van der Waals surface area contributed by atoms with Gasteiger partial charge in [0.1, 0.15) is 0 Å². The molecule has 3 unspecified atom stereocenters. The molecule has 0 spiro atoms. The summed E-state index contributed by atoms with van der Waals surface area (Å²) < 4.78 is 29.1. The number of thioether (sulfide) groups is 1. The van der Waals surface area contributed by atoms with E-state index in [9.17, 15) is 8.42 Å². The number of nitrogens with zero attached hydrogens (tertiary/aromatic N) is 2. The number of hydrogen-bond acceptors (Lipinski definition) is 5. The summed E-state index contributed by atoms with van der Waals surface area (Å²) in [6.07, 6.45) is 4.43. The van der Waals surface area contributed by atoms with Gasteiger partial charge in [0, 0.05) is 43.8 Å². The minimum Gasteiger partial charge on any atom is -0.376 e. The van der Waals surface area contributed by atoms with E-state index in [0.29, 0.717) is 23.3 Å². The average Bonchev–Trinajstić information content (AvgIpc) is 3.24. The van der Waals surface area contributed by atoms with Crippen LogP contribution in [0.3, 0.4) is 0 Å². The van der Waals surface area contributed by atoms with Crippen LogP contribution in [-0.2, 0) is 14.6 Å². The monoisotopic (exact) mass is 389 g/mol. The van der Waals surface area contributed by atoms with Crippen molar-refractivity contribution in [1.82, 2.24) is 10.2 Å². The lowest BCUT2D eigenvalue weighted by molar-refractivity contribution is 0.113. The highest BCUT2D eigenvalue weighted by Crippen LogP contribution is 2.22. The minimum absolute atomic E-state index is 0.172. The van der Waals surface area contributed by atoms with E-state index in [1.165, 1.54) is 6.42 Å². The van der Waals surface area contributed by atoms with Crippen LogP contribution in [0.4, 0.5) is 0 Å². The topological polar surface area (TPSA) is 71.0 Å². The quantitative estimate of drug-likeness (QED) is 0.566. The highest BCUT2D eigenvalue weighted by molar-refractivity contribution is 8.00.